The first-order valence-corrected chi connectivity index (χ1v) is 16.2. The Labute approximate surface area is 298 Å². The van der Waals surface area contributed by atoms with Crippen LogP contribution in [0, 0.1) is 0 Å². The molecule has 0 heterocycles. The number of anilines is 3. The third-order valence-corrected chi connectivity index (χ3v) is 8.97. The third kappa shape index (κ3) is 5.42. The lowest BCUT2D eigenvalue weighted by atomic mass is 9.97. The lowest BCUT2D eigenvalue weighted by Crippen LogP contribution is -2.10. The van der Waals surface area contributed by atoms with Gasteiger partial charge in [0.25, 0.3) is 0 Å². The van der Waals surface area contributed by atoms with Crippen LogP contribution >= 0.6 is 0 Å². The van der Waals surface area contributed by atoms with Crippen molar-refractivity contribution in [2.75, 3.05) is 4.90 Å². The van der Waals surface area contributed by atoms with Crippen molar-refractivity contribution in [2.24, 2.45) is 0 Å². The summed E-state index contributed by atoms with van der Waals surface area (Å²) in [6.45, 7) is 0. The highest BCUT2D eigenvalue weighted by Gasteiger charge is 2.15. The summed E-state index contributed by atoms with van der Waals surface area (Å²) in [5.41, 5.74) is 2.93. The molecule has 0 atom stereocenters. The topological polar surface area (TPSA) is 3.24 Å². The van der Waals surface area contributed by atoms with Crippen molar-refractivity contribution >= 4 is 49.4 Å². The molecule has 49 heavy (non-hydrogen) atoms. The predicted octanol–water partition coefficient (Wildman–Crippen LogP) is 13.6. The largest absolute Gasteiger partial charge is 0.310 e. The molecule has 1 nitrogen and oxygen atoms in total. The van der Waals surface area contributed by atoms with Crippen LogP contribution in [0.2, 0.25) is 0 Å². The van der Waals surface area contributed by atoms with E-state index in [1.165, 1.54) is 4.90 Å². The molecule has 0 spiro atoms. The Morgan fingerprint density at radius 2 is 0.857 bits per heavy atom. The molecular weight excluding hydrogens is 591 g/mol. The first-order chi connectivity index (χ1) is 27.6. The van der Waals surface area contributed by atoms with Crippen LogP contribution in [0.4, 0.5) is 17.1 Å². The van der Waals surface area contributed by atoms with Gasteiger partial charge < -0.3 is 4.90 Å². The van der Waals surface area contributed by atoms with Crippen LogP contribution in [0.1, 0.15) is 11.0 Å². The van der Waals surface area contributed by atoms with Gasteiger partial charge in [-0.25, -0.2) is 0 Å². The zero-order valence-corrected chi connectivity index (χ0v) is 26.4. The summed E-state index contributed by atoms with van der Waals surface area (Å²) < 4.78 is 74.9. The molecule has 9 rings (SSSR count). The molecule has 0 aromatic heterocycles. The maximum atomic E-state index is 9.52. The number of fused-ring (bicyclic) bond motifs is 4. The first kappa shape index (κ1) is 21.4. The smallest absolute Gasteiger partial charge is 0.0645 e. The van der Waals surface area contributed by atoms with Crippen molar-refractivity contribution < 1.29 is 11.0 Å². The van der Waals surface area contributed by atoms with E-state index in [9.17, 15) is 8.22 Å². The van der Waals surface area contributed by atoms with E-state index in [-0.39, 0.29) is 70.8 Å². The SMILES string of the molecule is [2H]c1c([2H])c(N(c2cccc(-c3cccc4ccccc34)c2)c2c([2H])c([2H])c(-c3ccc4c(ccc5ccccc54)c3)c([2H])c2[2H])c([2H])c([2H])c1-c1ccccc1. The molecule has 9 aromatic carbocycles. The van der Waals surface area contributed by atoms with Gasteiger partial charge in [0.2, 0.25) is 0 Å². The van der Waals surface area contributed by atoms with Gasteiger partial charge in [0.05, 0.1) is 11.0 Å². The molecule has 0 aliphatic heterocycles. The second-order valence-corrected chi connectivity index (χ2v) is 11.9. The van der Waals surface area contributed by atoms with Crippen LogP contribution in [-0.2, 0) is 0 Å². The van der Waals surface area contributed by atoms with Gasteiger partial charge in [0, 0.05) is 17.1 Å². The van der Waals surface area contributed by atoms with Gasteiger partial charge in [-0.1, -0.05) is 158 Å². The van der Waals surface area contributed by atoms with Gasteiger partial charge in [0.15, 0.2) is 0 Å². The number of hydrogen-bond donors (Lipinski definition) is 0. The Morgan fingerprint density at radius 1 is 0.306 bits per heavy atom. The molecule has 9 aromatic rings. The van der Waals surface area contributed by atoms with E-state index in [4.69, 9.17) is 2.74 Å². The fourth-order valence-electron chi connectivity index (χ4n) is 6.56. The maximum absolute atomic E-state index is 9.52. The molecule has 0 unspecified atom stereocenters. The molecule has 1 heteroatoms. The van der Waals surface area contributed by atoms with Gasteiger partial charge in [-0.3, -0.25) is 0 Å². The van der Waals surface area contributed by atoms with Crippen molar-refractivity contribution in [2.45, 2.75) is 0 Å². The van der Waals surface area contributed by atoms with Crippen LogP contribution in [0.5, 0.6) is 0 Å². The molecule has 0 saturated carbocycles. The molecule has 0 fully saturated rings. The quantitative estimate of drug-likeness (QED) is 0.165. The molecule has 0 aliphatic rings. The lowest BCUT2D eigenvalue weighted by molar-refractivity contribution is 1.28. The molecule has 0 saturated heterocycles. The summed E-state index contributed by atoms with van der Waals surface area (Å²) in [5, 5.41) is 6.07. The van der Waals surface area contributed by atoms with Crippen LogP contribution in [0.25, 0.3) is 65.7 Å². The Bertz CT molecular complexity index is 3010. The predicted molar refractivity (Wildman–Crippen MR) is 210 cm³/mol. The fraction of sp³-hybridized carbons (Fsp3) is 0. The van der Waals surface area contributed by atoms with E-state index in [1.807, 2.05) is 115 Å². The van der Waals surface area contributed by atoms with Gasteiger partial charge in [-0.2, -0.15) is 0 Å². The van der Waals surface area contributed by atoms with E-state index in [0.29, 0.717) is 16.8 Å². The molecule has 0 amide bonds. The normalized spacial score (nSPS) is 13.6. The van der Waals surface area contributed by atoms with E-state index >= 15 is 0 Å². The van der Waals surface area contributed by atoms with Crippen LogP contribution in [0.3, 0.4) is 0 Å². The van der Waals surface area contributed by atoms with E-state index < -0.39 is 0 Å². The molecule has 0 radical (unpaired) electrons. The monoisotopic (exact) mass is 631 g/mol. The molecule has 0 bridgehead atoms. The van der Waals surface area contributed by atoms with Gasteiger partial charge in [0.1, 0.15) is 0 Å². The highest BCUT2D eigenvalue weighted by Crippen LogP contribution is 2.40. The third-order valence-electron chi connectivity index (χ3n) is 8.97. The summed E-state index contributed by atoms with van der Waals surface area (Å²) in [6, 6.07) is 45.0. The number of nitrogens with zero attached hydrogens (tertiary/aromatic N) is 1. The highest BCUT2D eigenvalue weighted by molar-refractivity contribution is 6.08. The second kappa shape index (κ2) is 12.3. The highest BCUT2D eigenvalue weighted by atomic mass is 15.1. The zero-order valence-electron chi connectivity index (χ0n) is 34.4. The lowest BCUT2D eigenvalue weighted by Gasteiger charge is -2.26. The second-order valence-electron chi connectivity index (χ2n) is 11.9. The van der Waals surface area contributed by atoms with Crippen molar-refractivity contribution in [3.05, 3.63) is 200 Å². The number of rotatable bonds is 6. The summed E-state index contributed by atoms with van der Waals surface area (Å²) in [6.07, 6.45) is 0. The Kier molecular flexibility index (Phi) is 5.38. The van der Waals surface area contributed by atoms with E-state index in [2.05, 4.69) is 0 Å². The first-order valence-electron chi connectivity index (χ1n) is 20.2. The average molecular weight is 632 g/mol. The Hall–Kier alpha value is -6.44. The van der Waals surface area contributed by atoms with Crippen molar-refractivity contribution in [3.8, 4) is 33.4 Å². The van der Waals surface area contributed by atoms with E-state index in [1.54, 1.807) is 36.4 Å². The van der Waals surface area contributed by atoms with Crippen LogP contribution in [0.15, 0.2) is 200 Å². The minimum Gasteiger partial charge on any atom is -0.310 e. The van der Waals surface area contributed by atoms with Gasteiger partial charge >= 0.3 is 0 Å². The number of benzene rings is 9. The van der Waals surface area contributed by atoms with Crippen LogP contribution in [-0.4, -0.2) is 0 Å². The maximum Gasteiger partial charge on any atom is 0.0645 e. The molecular formula is C48H33N. The summed E-state index contributed by atoms with van der Waals surface area (Å²) in [5.74, 6) is 0. The Morgan fingerprint density at radius 3 is 1.61 bits per heavy atom. The van der Waals surface area contributed by atoms with Gasteiger partial charge in [-0.15, -0.1) is 0 Å². The van der Waals surface area contributed by atoms with Crippen LogP contribution < -0.4 is 4.90 Å². The van der Waals surface area contributed by atoms with Crippen molar-refractivity contribution in [1.29, 1.82) is 0 Å². The summed E-state index contributed by atoms with van der Waals surface area (Å²) in [4.78, 5) is 1.36. The minimum atomic E-state index is -0.385. The Balaban J connectivity index is 1.29. The number of hydrogen-bond acceptors (Lipinski definition) is 1. The fourth-order valence-corrected chi connectivity index (χ4v) is 6.56. The zero-order chi connectivity index (χ0) is 39.5. The minimum absolute atomic E-state index is 0.118. The molecule has 230 valence electrons. The molecule has 0 N–H and O–H groups in total. The van der Waals surface area contributed by atoms with Crippen molar-refractivity contribution in [1.82, 2.24) is 0 Å². The summed E-state index contributed by atoms with van der Waals surface area (Å²) in [7, 11) is 0. The summed E-state index contributed by atoms with van der Waals surface area (Å²) >= 11 is 0. The average Bonchev–Trinajstić information content (AvgIpc) is 3.24. The van der Waals surface area contributed by atoms with Gasteiger partial charge in [-0.05, 0) is 108 Å². The standard InChI is InChI=1S/C48H33N/c1-2-10-34(11-3-1)35-22-27-42(28-23-35)49(44-16-8-15-40(33-44)47-19-9-14-37-12-4-6-17-45(37)47)43-29-24-36(25-30-43)39-26-31-48-41(32-39)21-20-38-13-5-7-18-46(38)48/h1-33H/i22D,23D,24D,25D,27D,28D,29D,30D. The van der Waals surface area contributed by atoms with E-state index in [0.717, 1.165) is 43.4 Å². The van der Waals surface area contributed by atoms with Crippen molar-refractivity contribution in [3.63, 3.8) is 0 Å². The molecule has 0 aliphatic carbocycles.